The second kappa shape index (κ2) is 12.1. The van der Waals surface area contributed by atoms with Crippen LogP contribution < -0.4 is 4.74 Å². The number of aromatic amines is 1. The number of hydrogen-bond acceptors (Lipinski definition) is 6. The second-order valence-corrected chi connectivity index (χ2v) is 11.6. The summed E-state index contributed by atoms with van der Waals surface area (Å²) in [6.07, 6.45) is 5.46. The van der Waals surface area contributed by atoms with Crippen molar-refractivity contribution in [3.8, 4) is 39.7 Å². The van der Waals surface area contributed by atoms with Gasteiger partial charge in [0.05, 0.1) is 22.2 Å². The smallest absolute Gasteiger partial charge is 0.335 e. The van der Waals surface area contributed by atoms with E-state index in [4.69, 9.17) is 21.3 Å². The minimum Gasteiger partial charge on any atom is -0.489 e. The molecule has 1 aliphatic rings. The number of carboxylic acid groups (broad SMARTS) is 1. The molecule has 0 spiro atoms. The molecule has 1 saturated carbocycles. The van der Waals surface area contributed by atoms with E-state index in [-0.39, 0.29) is 18.2 Å². The number of aromatic carboxylic acids is 1. The number of aromatic nitrogens is 6. The Morgan fingerprint density at radius 1 is 0.956 bits per heavy atom. The predicted octanol–water partition coefficient (Wildman–Crippen LogP) is 8.13. The number of benzene rings is 4. The number of carbonyl (C=O) groups is 1. The van der Waals surface area contributed by atoms with Gasteiger partial charge in [0.2, 0.25) is 0 Å². The minimum atomic E-state index is -0.991. The average Bonchev–Trinajstić information content (AvgIpc) is 3.73. The highest BCUT2D eigenvalue weighted by molar-refractivity contribution is 6.30. The summed E-state index contributed by atoms with van der Waals surface area (Å²) in [5.41, 5.74) is 5.53. The zero-order valence-corrected chi connectivity index (χ0v) is 24.8. The van der Waals surface area contributed by atoms with Gasteiger partial charge in [-0.2, -0.15) is 0 Å². The molecular weight excluding hydrogens is 595 g/mol. The summed E-state index contributed by atoms with van der Waals surface area (Å²) >= 11 is 6.30. The van der Waals surface area contributed by atoms with Gasteiger partial charge in [-0.25, -0.2) is 19.3 Å². The summed E-state index contributed by atoms with van der Waals surface area (Å²) in [5, 5.41) is 23.9. The Morgan fingerprint density at radius 3 is 2.47 bits per heavy atom. The molecular formula is C34H28ClFN6O3. The van der Waals surface area contributed by atoms with E-state index in [1.165, 1.54) is 12.5 Å². The lowest BCUT2D eigenvalue weighted by atomic mass is 9.94. The average molecular weight is 623 g/mol. The van der Waals surface area contributed by atoms with Crippen molar-refractivity contribution in [1.82, 2.24) is 30.2 Å². The van der Waals surface area contributed by atoms with Crippen LogP contribution in [0.15, 0.2) is 78.9 Å². The molecule has 226 valence electrons. The Hall–Kier alpha value is -5.09. The Kier molecular flexibility index (Phi) is 7.72. The van der Waals surface area contributed by atoms with E-state index >= 15 is 4.39 Å². The van der Waals surface area contributed by atoms with E-state index in [2.05, 4.69) is 25.2 Å². The maximum absolute atomic E-state index is 15.9. The Bertz CT molecular complexity index is 2000. The highest BCUT2D eigenvalue weighted by Crippen LogP contribution is 2.38. The summed E-state index contributed by atoms with van der Waals surface area (Å²) in [7, 11) is 0. The van der Waals surface area contributed by atoms with E-state index in [1.54, 1.807) is 48.5 Å². The maximum atomic E-state index is 15.9. The van der Waals surface area contributed by atoms with Crippen molar-refractivity contribution >= 4 is 28.6 Å². The molecule has 45 heavy (non-hydrogen) atoms. The lowest BCUT2D eigenvalue weighted by molar-refractivity contribution is 0.0697. The van der Waals surface area contributed by atoms with Crippen LogP contribution in [0, 0.1) is 5.82 Å². The van der Waals surface area contributed by atoms with Gasteiger partial charge in [-0.15, -0.1) is 5.10 Å². The van der Waals surface area contributed by atoms with Crippen molar-refractivity contribution in [2.24, 2.45) is 0 Å². The van der Waals surface area contributed by atoms with Gasteiger partial charge in [0.15, 0.2) is 5.82 Å². The van der Waals surface area contributed by atoms with Gasteiger partial charge in [0.1, 0.15) is 24.0 Å². The first-order valence-corrected chi connectivity index (χ1v) is 15.1. The molecule has 4 aromatic carbocycles. The first-order chi connectivity index (χ1) is 21.9. The van der Waals surface area contributed by atoms with Gasteiger partial charge in [-0.3, -0.25) is 0 Å². The zero-order valence-electron chi connectivity index (χ0n) is 24.1. The van der Waals surface area contributed by atoms with Gasteiger partial charge in [-0.05, 0) is 94.6 Å². The third-order valence-electron chi connectivity index (χ3n) is 8.33. The molecule has 2 aromatic heterocycles. The van der Waals surface area contributed by atoms with Gasteiger partial charge < -0.3 is 14.4 Å². The van der Waals surface area contributed by atoms with Crippen molar-refractivity contribution in [1.29, 1.82) is 0 Å². The van der Waals surface area contributed by atoms with Crippen molar-refractivity contribution in [2.45, 2.75) is 44.8 Å². The number of hydrogen-bond donors (Lipinski definition) is 2. The van der Waals surface area contributed by atoms with Gasteiger partial charge in [0.25, 0.3) is 0 Å². The highest BCUT2D eigenvalue weighted by atomic mass is 35.5. The topological polar surface area (TPSA) is 119 Å². The number of nitrogens with zero attached hydrogens (tertiary/aromatic N) is 5. The number of halogens is 2. The van der Waals surface area contributed by atoms with E-state index in [1.807, 2.05) is 24.3 Å². The molecule has 1 fully saturated rings. The molecule has 0 saturated heterocycles. The van der Waals surface area contributed by atoms with Crippen LogP contribution in [0.1, 0.15) is 54.1 Å². The lowest BCUT2D eigenvalue weighted by Crippen LogP contribution is -2.14. The third kappa shape index (κ3) is 5.76. The van der Waals surface area contributed by atoms with Crippen LogP contribution >= 0.6 is 11.6 Å². The van der Waals surface area contributed by atoms with E-state index in [9.17, 15) is 9.90 Å². The van der Waals surface area contributed by atoms with Crippen molar-refractivity contribution in [3.63, 3.8) is 0 Å². The molecule has 0 unspecified atom stereocenters. The quantitative estimate of drug-likeness (QED) is 0.176. The summed E-state index contributed by atoms with van der Waals surface area (Å²) in [4.78, 5) is 16.2. The molecule has 1 aliphatic carbocycles. The fourth-order valence-electron chi connectivity index (χ4n) is 6.11. The molecule has 6 aromatic rings. The van der Waals surface area contributed by atoms with Crippen LogP contribution in [0.2, 0.25) is 5.02 Å². The monoisotopic (exact) mass is 622 g/mol. The first kappa shape index (κ1) is 28.7. The molecule has 0 bridgehead atoms. The predicted molar refractivity (Wildman–Crippen MR) is 169 cm³/mol. The van der Waals surface area contributed by atoms with E-state index < -0.39 is 11.8 Å². The summed E-state index contributed by atoms with van der Waals surface area (Å²) in [6.45, 7) is 0.134. The Morgan fingerprint density at radius 2 is 1.73 bits per heavy atom. The Balaban J connectivity index is 1.19. The van der Waals surface area contributed by atoms with Crippen LogP contribution in [0.5, 0.6) is 5.75 Å². The van der Waals surface area contributed by atoms with Crippen LogP contribution in [-0.2, 0) is 6.61 Å². The molecule has 9 nitrogen and oxygen atoms in total. The van der Waals surface area contributed by atoms with Gasteiger partial charge in [0, 0.05) is 22.7 Å². The van der Waals surface area contributed by atoms with Crippen LogP contribution in [0.4, 0.5) is 4.39 Å². The molecule has 0 radical (unpaired) electrons. The van der Waals surface area contributed by atoms with E-state index in [0.717, 1.165) is 59.0 Å². The number of nitrogens with one attached hydrogen (secondary N) is 1. The molecule has 2 N–H and O–H groups in total. The van der Waals surface area contributed by atoms with Gasteiger partial charge >= 0.3 is 5.97 Å². The second-order valence-electron chi connectivity index (χ2n) is 11.2. The van der Waals surface area contributed by atoms with Gasteiger partial charge in [-0.1, -0.05) is 49.1 Å². The summed E-state index contributed by atoms with van der Waals surface area (Å²) in [6, 6.07) is 23.0. The normalized spacial score (nSPS) is 13.7. The van der Waals surface area contributed by atoms with E-state index in [0.29, 0.717) is 28.0 Å². The fourth-order valence-corrected chi connectivity index (χ4v) is 6.30. The number of H-pyrrole nitrogens is 1. The molecule has 0 aliphatic heterocycles. The van der Waals surface area contributed by atoms with Crippen LogP contribution in [0.25, 0.3) is 44.9 Å². The van der Waals surface area contributed by atoms with Crippen LogP contribution in [-0.4, -0.2) is 41.3 Å². The fraction of sp³-hybridized carbons (Fsp3) is 0.206. The standard InChI is InChI=1S/C34H28ClFN6O3/c35-24-11-13-27(20-6-8-21(9-7-20)34(43)44)23(16-24)19-45-26-12-14-28(29(36)18-26)33-37-30-17-22(32-38-40-41-39-32)10-15-31(30)42(33)25-4-2-1-3-5-25/h6-18,25H,1-5,19H2,(H,43,44)(H,38,39,40,41). The number of rotatable bonds is 8. The number of carboxylic acids is 1. The number of ether oxygens (including phenoxy) is 1. The largest absolute Gasteiger partial charge is 0.489 e. The van der Waals surface area contributed by atoms with Crippen molar-refractivity contribution < 1.29 is 19.0 Å². The molecule has 11 heteroatoms. The lowest BCUT2D eigenvalue weighted by Gasteiger charge is -2.25. The van der Waals surface area contributed by atoms with Crippen molar-refractivity contribution in [2.75, 3.05) is 0 Å². The zero-order chi connectivity index (χ0) is 30.9. The third-order valence-corrected chi connectivity index (χ3v) is 8.57. The minimum absolute atomic E-state index is 0.134. The number of tetrazole rings is 1. The molecule has 2 heterocycles. The summed E-state index contributed by atoms with van der Waals surface area (Å²) in [5.74, 6) is 0.0582. The maximum Gasteiger partial charge on any atom is 0.335 e. The molecule has 7 rings (SSSR count). The summed E-state index contributed by atoms with van der Waals surface area (Å²) < 4.78 is 24.2. The SMILES string of the molecule is O=C(O)c1ccc(-c2ccc(Cl)cc2COc2ccc(-c3nc4cc(-c5nnn[nH]5)ccc4n3C3CCCCC3)c(F)c2)cc1. The first-order valence-electron chi connectivity index (χ1n) is 14.8. The molecule has 0 amide bonds. The molecule has 0 atom stereocenters. The van der Waals surface area contributed by atoms with Crippen LogP contribution in [0.3, 0.4) is 0 Å². The number of imidazole rings is 1. The van der Waals surface area contributed by atoms with Crippen molar-refractivity contribution in [3.05, 3.63) is 101 Å². The number of fused-ring (bicyclic) bond motifs is 1. The Labute approximate surface area is 262 Å². The highest BCUT2D eigenvalue weighted by Gasteiger charge is 2.24.